The second-order valence-electron chi connectivity index (χ2n) is 5.31. The molecule has 0 aliphatic heterocycles. The molecule has 2 aromatic carbocycles. The predicted octanol–water partition coefficient (Wildman–Crippen LogP) is 2.72. The number of alkyl halides is 3. The number of phenols is 1. The van der Waals surface area contributed by atoms with E-state index in [0.717, 1.165) is 24.3 Å². The molecule has 6 nitrogen and oxygen atoms in total. The molecular formula is C17H14F3NO5. The standard InChI is InChI=1S/C17H14F3NO5/c18-17(19,20)26-13-7-3-11(4-8-13)15(23)21-14(16(24)25)9-10-1-5-12(22)6-2-10/h1-8,14,22H,9H2,(H,21,23)(H,24,25)/t14-/m0/s1. The minimum absolute atomic E-state index is 0.0171. The van der Waals surface area contributed by atoms with Gasteiger partial charge in [-0.25, -0.2) is 4.79 Å². The fraction of sp³-hybridized carbons (Fsp3) is 0.176. The Morgan fingerprint density at radius 1 is 1.04 bits per heavy atom. The summed E-state index contributed by atoms with van der Waals surface area (Å²) in [5.74, 6) is -2.50. The Bertz CT molecular complexity index is 772. The number of hydrogen-bond donors (Lipinski definition) is 3. The van der Waals surface area contributed by atoms with Gasteiger partial charge in [0.15, 0.2) is 0 Å². The highest BCUT2D eigenvalue weighted by molar-refractivity contribution is 5.96. The van der Waals surface area contributed by atoms with Gasteiger partial charge in [0.2, 0.25) is 0 Å². The van der Waals surface area contributed by atoms with E-state index in [9.17, 15) is 33.0 Å². The molecule has 138 valence electrons. The maximum atomic E-state index is 12.1. The number of amides is 1. The van der Waals surface area contributed by atoms with Crippen LogP contribution in [0.5, 0.6) is 11.5 Å². The summed E-state index contributed by atoms with van der Waals surface area (Å²) in [6.07, 6.45) is -4.88. The lowest BCUT2D eigenvalue weighted by atomic mass is 10.1. The normalized spacial score (nSPS) is 12.3. The number of benzene rings is 2. The molecule has 0 spiro atoms. The zero-order valence-electron chi connectivity index (χ0n) is 13.2. The summed E-state index contributed by atoms with van der Waals surface area (Å²) >= 11 is 0. The van der Waals surface area contributed by atoms with Gasteiger partial charge in [0.05, 0.1) is 0 Å². The van der Waals surface area contributed by atoms with E-state index in [1.54, 1.807) is 0 Å². The smallest absolute Gasteiger partial charge is 0.508 e. The average molecular weight is 369 g/mol. The molecule has 0 aliphatic rings. The number of hydrogen-bond acceptors (Lipinski definition) is 4. The van der Waals surface area contributed by atoms with Crippen LogP contribution in [0.1, 0.15) is 15.9 Å². The Hall–Kier alpha value is -3.23. The van der Waals surface area contributed by atoms with Crippen LogP contribution in [0.25, 0.3) is 0 Å². The molecule has 0 unspecified atom stereocenters. The summed E-state index contributed by atoms with van der Waals surface area (Å²) in [6.45, 7) is 0. The van der Waals surface area contributed by atoms with Gasteiger partial charge in [0, 0.05) is 12.0 Å². The van der Waals surface area contributed by atoms with Crippen molar-refractivity contribution in [3.63, 3.8) is 0 Å². The summed E-state index contributed by atoms with van der Waals surface area (Å²) in [4.78, 5) is 23.5. The molecule has 0 aliphatic carbocycles. The van der Waals surface area contributed by atoms with E-state index in [1.807, 2.05) is 0 Å². The number of ether oxygens (including phenoxy) is 1. The molecule has 0 saturated carbocycles. The fourth-order valence-electron chi connectivity index (χ4n) is 2.12. The minimum atomic E-state index is -4.84. The Labute approximate surface area is 145 Å². The molecule has 3 N–H and O–H groups in total. The lowest BCUT2D eigenvalue weighted by Crippen LogP contribution is -2.42. The van der Waals surface area contributed by atoms with E-state index in [-0.39, 0.29) is 17.7 Å². The van der Waals surface area contributed by atoms with Gasteiger partial charge in [-0.3, -0.25) is 4.79 Å². The van der Waals surface area contributed by atoms with Crippen molar-refractivity contribution in [2.24, 2.45) is 0 Å². The summed E-state index contributed by atoms with van der Waals surface area (Å²) in [6, 6.07) is 8.65. The molecule has 0 fully saturated rings. The molecular weight excluding hydrogens is 355 g/mol. The minimum Gasteiger partial charge on any atom is -0.508 e. The van der Waals surface area contributed by atoms with Crippen molar-refractivity contribution in [2.75, 3.05) is 0 Å². The Balaban J connectivity index is 2.05. The van der Waals surface area contributed by atoms with Crippen molar-refractivity contribution in [2.45, 2.75) is 18.8 Å². The van der Waals surface area contributed by atoms with Crippen LogP contribution in [0.15, 0.2) is 48.5 Å². The van der Waals surface area contributed by atoms with Gasteiger partial charge in [0.25, 0.3) is 5.91 Å². The summed E-state index contributed by atoms with van der Waals surface area (Å²) < 4.78 is 40.0. The van der Waals surface area contributed by atoms with E-state index in [4.69, 9.17) is 0 Å². The average Bonchev–Trinajstić information content (AvgIpc) is 2.55. The van der Waals surface area contributed by atoms with Gasteiger partial charge in [-0.2, -0.15) is 0 Å². The first-order chi connectivity index (χ1) is 12.1. The van der Waals surface area contributed by atoms with Crippen molar-refractivity contribution in [3.8, 4) is 11.5 Å². The van der Waals surface area contributed by atoms with Crippen molar-refractivity contribution in [1.82, 2.24) is 5.32 Å². The van der Waals surface area contributed by atoms with E-state index in [2.05, 4.69) is 10.1 Å². The number of halogens is 3. The van der Waals surface area contributed by atoms with Crippen molar-refractivity contribution in [1.29, 1.82) is 0 Å². The zero-order chi connectivity index (χ0) is 19.3. The molecule has 2 aromatic rings. The summed E-state index contributed by atoms with van der Waals surface area (Å²) in [7, 11) is 0. The van der Waals surface area contributed by atoms with E-state index >= 15 is 0 Å². The van der Waals surface area contributed by atoms with E-state index in [1.165, 1.54) is 24.3 Å². The van der Waals surface area contributed by atoms with Crippen molar-refractivity contribution < 1.29 is 37.7 Å². The monoisotopic (exact) mass is 369 g/mol. The Morgan fingerprint density at radius 2 is 1.62 bits per heavy atom. The first-order valence-corrected chi connectivity index (χ1v) is 7.31. The van der Waals surface area contributed by atoms with Crippen molar-refractivity contribution in [3.05, 3.63) is 59.7 Å². The molecule has 1 atom stereocenters. The highest BCUT2D eigenvalue weighted by Crippen LogP contribution is 2.22. The topological polar surface area (TPSA) is 95.9 Å². The molecule has 9 heteroatoms. The third-order valence-electron chi connectivity index (χ3n) is 3.33. The number of aliphatic carboxylic acids is 1. The third kappa shape index (κ3) is 5.69. The number of aromatic hydroxyl groups is 1. The van der Waals surface area contributed by atoms with Crippen LogP contribution in [0.3, 0.4) is 0 Å². The number of rotatable bonds is 6. The largest absolute Gasteiger partial charge is 0.573 e. The molecule has 0 aromatic heterocycles. The zero-order valence-corrected chi connectivity index (χ0v) is 13.2. The molecule has 0 saturated heterocycles. The lowest BCUT2D eigenvalue weighted by Gasteiger charge is -2.15. The Kier molecular flexibility index (Phi) is 5.71. The maximum absolute atomic E-state index is 12.1. The number of carbonyl (C=O) groups is 2. The first-order valence-electron chi connectivity index (χ1n) is 7.31. The van der Waals surface area contributed by atoms with Crippen LogP contribution in [0.4, 0.5) is 13.2 Å². The highest BCUT2D eigenvalue weighted by Gasteiger charge is 2.31. The second kappa shape index (κ2) is 7.77. The maximum Gasteiger partial charge on any atom is 0.573 e. The summed E-state index contributed by atoms with van der Waals surface area (Å²) in [5, 5.41) is 20.8. The van der Waals surface area contributed by atoms with E-state index < -0.39 is 30.0 Å². The lowest BCUT2D eigenvalue weighted by molar-refractivity contribution is -0.274. The highest BCUT2D eigenvalue weighted by atomic mass is 19.4. The van der Waals surface area contributed by atoms with Gasteiger partial charge >= 0.3 is 12.3 Å². The predicted molar refractivity (Wildman–Crippen MR) is 83.8 cm³/mol. The van der Waals surface area contributed by atoms with Crippen LogP contribution >= 0.6 is 0 Å². The first kappa shape index (κ1) is 19.1. The van der Waals surface area contributed by atoms with E-state index in [0.29, 0.717) is 5.56 Å². The third-order valence-corrected chi connectivity index (χ3v) is 3.33. The fourth-order valence-corrected chi connectivity index (χ4v) is 2.12. The van der Waals surface area contributed by atoms with Crippen LogP contribution in [0.2, 0.25) is 0 Å². The van der Waals surface area contributed by atoms with Gasteiger partial charge < -0.3 is 20.3 Å². The second-order valence-corrected chi connectivity index (χ2v) is 5.31. The van der Waals surface area contributed by atoms with Gasteiger partial charge in [-0.05, 0) is 42.0 Å². The molecule has 1 amide bonds. The van der Waals surface area contributed by atoms with Gasteiger partial charge in [-0.15, -0.1) is 13.2 Å². The van der Waals surface area contributed by atoms with Crippen LogP contribution in [0, 0.1) is 0 Å². The van der Waals surface area contributed by atoms with Crippen LogP contribution < -0.4 is 10.1 Å². The SMILES string of the molecule is O=C(N[C@@H](Cc1ccc(O)cc1)C(=O)O)c1ccc(OC(F)(F)F)cc1. The van der Waals surface area contributed by atoms with Gasteiger partial charge in [0.1, 0.15) is 17.5 Å². The van der Waals surface area contributed by atoms with Crippen LogP contribution in [-0.2, 0) is 11.2 Å². The van der Waals surface area contributed by atoms with Gasteiger partial charge in [-0.1, -0.05) is 12.1 Å². The molecule has 26 heavy (non-hydrogen) atoms. The molecule has 0 radical (unpaired) electrons. The Morgan fingerprint density at radius 3 is 2.12 bits per heavy atom. The quantitative estimate of drug-likeness (QED) is 0.728. The number of nitrogens with one attached hydrogen (secondary N) is 1. The molecule has 2 rings (SSSR count). The molecule has 0 heterocycles. The number of phenolic OH excluding ortho intramolecular Hbond substituents is 1. The number of carbonyl (C=O) groups excluding carboxylic acids is 1. The summed E-state index contributed by atoms with van der Waals surface area (Å²) in [5.41, 5.74) is 0.556. The number of carboxylic acid groups (broad SMARTS) is 1. The number of carboxylic acids is 1. The molecule has 0 bridgehead atoms. The van der Waals surface area contributed by atoms with Crippen molar-refractivity contribution >= 4 is 11.9 Å². The van der Waals surface area contributed by atoms with Crippen LogP contribution in [-0.4, -0.2) is 34.5 Å².